The van der Waals surface area contributed by atoms with E-state index in [1.165, 1.54) is 11.8 Å². The van der Waals surface area contributed by atoms with Crippen LogP contribution in [0, 0.1) is 5.92 Å². The summed E-state index contributed by atoms with van der Waals surface area (Å²) in [6.45, 7) is 1.13. The molecule has 0 bridgehead atoms. The lowest BCUT2D eigenvalue weighted by Crippen LogP contribution is -2.28. The number of hydrogen-bond acceptors (Lipinski definition) is 5. The van der Waals surface area contributed by atoms with Gasteiger partial charge in [0.05, 0.1) is 5.92 Å². The molecule has 0 spiro atoms. The zero-order chi connectivity index (χ0) is 21.0. The molecule has 2 aromatic rings. The molecule has 0 aromatic heterocycles. The highest BCUT2D eigenvalue weighted by Crippen LogP contribution is 2.27. The predicted molar refractivity (Wildman–Crippen MR) is 108 cm³/mol. The molecule has 0 unspecified atom stereocenters. The topological polar surface area (TPSA) is 92.8 Å². The zero-order valence-corrected chi connectivity index (χ0v) is 16.4. The molecule has 1 fully saturated rings. The summed E-state index contributed by atoms with van der Waals surface area (Å²) in [7, 11) is 0. The largest absolute Gasteiger partial charge is 0.455 e. The number of halogens is 1. The fourth-order valence-electron chi connectivity index (χ4n) is 3.00. The van der Waals surface area contributed by atoms with Crippen LogP contribution < -0.4 is 10.2 Å². The van der Waals surface area contributed by atoms with Crippen molar-refractivity contribution >= 4 is 46.5 Å². The van der Waals surface area contributed by atoms with Gasteiger partial charge in [0.15, 0.2) is 12.4 Å². The number of nitrogens with one attached hydrogen (secondary N) is 1. The number of Topliss-reactive ketones (excluding diaryl/α,β-unsaturated/α-hetero) is 1. The Kier molecular flexibility index (Phi) is 6.29. The highest BCUT2D eigenvalue weighted by atomic mass is 35.5. The van der Waals surface area contributed by atoms with Gasteiger partial charge in [-0.15, -0.1) is 0 Å². The minimum absolute atomic E-state index is 0.0176. The van der Waals surface area contributed by atoms with E-state index in [4.69, 9.17) is 16.3 Å². The number of carbonyl (C=O) groups excluding carboxylic acids is 4. The summed E-state index contributed by atoms with van der Waals surface area (Å²) < 4.78 is 5.07. The Morgan fingerprint density at radius 1 is 1.17 bits per heavy atom. The van der Waals surface area contributed by atoms with Gasteiger partial charge in [0.25, 0.3) is 5.91 Å². The van der Waals surface area contributed by atoms with E-state index in [0.717, 1.165) is 0 Å². The van der Waals surface area contributed by atoms with Crippen LogP contribution >= 0.6 is 11.6 Å². The molecule has 0 saturated carbocycles. The van der Waals surface area contributed by atoms with Crippen LogP contribution in [0.5, 0.6) is 0 Å². The zero-order valence-electron chi connectivity index (χ0n) is 15.7. The third-order valence-electron chi connectivity index (χ3n) is 4.50. The van der Waals surface area contributed by atoms with Gasteiger partial charge < -0.3 is 15.0 Å². The smallest absolute Gasteiger partial charge is 0.311 e. The number of hydrogen-bond donors (Lipinski definition) is 1. The summed E-state index contributed by atoms with van der Waals surface area (Å²) in [4.78, 5) is 49.4. The van der Waals surface area contributed by atoms with Crippen molar-refractivity contribution in [2.75, 3.05) is 23.4 Å². The number of esters is 1. The quantitative estimate of drug-likeness (QED) is 0.579. The number of amides is 2. The highest BCUT2D eigenvalue weighted by molar-refractivity contribution is 6.30. The van der Waals surface area contributed by atoms with Crippen molar-refractivity contribution in [3.8, 4) is 0 Å². The van der Waals surface area contributed by atoms with Crippen molar-refractivity contribution in [1.82, 2.24) is 0 Å². The van der Waals surface area contributed by atoms with Gasteiger partial charge in [-0.25, -0.2) is 0 Å². The molecule has 1 aliphatic heterocycles. The number of rotatable bonds is 6. The second kappa shape index (κ2) is 8.87. The van der Waals surface area contributed by atoms with E-state index in [1.54, 1.807) is 48.5 Å². The van der Waals surface area contributed by atoms with Gasteiger partial charge in [0.1, 0.15) is 0 Å². The van der Waals surface area contributed by atoms with E-state index in [0.29, 0.717) is 22.0 Å². The first-order valence-electron chi connectivity index (χ1n) is 8.97. The van der Waals surface area contributed by atoms with Crippen LogP contribution in [-0.2, 0) is 19.1 Å². The molecule has 7 nitrogen and oxygen atoms in total. The fourth-order valence-corrected chi connectivity index (χ4v) is 3.13. The monoisotopic (exact) mass is 414 g/mol. The minimum Gasteiger partial charge on any atom is -0.455 e. The first-order chi connectivity index (χ1) is 13.8. The number of ether oxygens (including phenoxy) is 1. The van der Waals surface area contributed by atoms with E-state index in [1.807, 2.05) is 0 Å². The summed E-state index contributed by atoms with van der Waals surface area (Å²) in [5, 5.41) is 3.13. The minimum atomic E-state index is -0.646. The fraction of sp³-hybridized carbons (Fsp3) is 0.238. The van der Waals surface area contributed by atoms with Crippen LogP contribution in [0.1, 0.15) is 23.7 Å². The second-order valence-electron chi connectivity index (χ2n) is 6.67. The van der Waals surface area contributed by atoms with Crippen molar-refractivity contribution in [1.29, 1.82) is 0 Å². The van der Waals surface area contributed by atoms with Crippen LogP contribution in [0.2, 0.25) is 5.02 Å². The third-order valence-corrected chi connectivity index (χ3v) is 4.75. The van der Waals surface area contributed by atoms with Gasteiger partial charge in [-0.2, -0.15) is 0 Å². The van der Waals surface area contributed by atoms with E-state index >= 15 is 0 Å². The Hall–Kier alpha value is -3.19. The normalized spacial score (nSPS) is 15.9. The summed E-state index contributed by atoms with van der Waals surface area (Å²) >= 11 is 5.85. The number of nitrogens with zero attached hydrogens (tertiary/aromatic N) is 1. The summed E-state index contributed by atoms with van der Waals surface area (Å²) in [5.74, 6) is -2.10. The van der Waals surface area contributed by atoms with E-state index in [2.05, 4.69) is 5.32 Å². The number of anilines is 2. The maximum atomic E-state index is 12.3. The molecule has 29 heavy (non-hydrogen) atoms. The van der Waals surface area contributed by atoms with Crippen molar-refractivity contribution in [3.63, 3.8) is 0 Å². The van der Waals surface area contributed by atoms with Crippen LogP contribution in [0.3, 0.4) is 0 Å². The van der Waals surface area contributed by atoms with Crippen molar-refractivity contribution in [3.05, 3.63) is 59.1 Å². The van der Waals surface area contributed by atoms with E-state index < -0.39 is 24.4 Å². The Balaban J connectivity index is 1.52. The first kappa shape index (κ1) is 20.5. The van der Waals surface area contributed by atoms with Gasteiger partial charge in [-0.05, 0) is 43.3 Å². The lowest BCUT2D eigenvalue weighted by atomic mass is 10.1. The standard InChI is InChI=1S/C21H19ClN2O5/c1-13(25)14-3-2-4-17(9-14)23-19(26)12-29-21(28)15-10-20(27)24(11-15)18-7-5-16(22)6-8-18/h2-9,15H,10-12H2,1H3,(H,23,26)/t15-/m1/s1. The SMILES string of the molecule is CC(=O)c1cccc(NC(=O)COC(=O)[C@@H]2CC(=O)N(c3ccc(Cl)cc3)C2)c1. The molecule has 1 heterocycles. The van der Waals surface area contributed by atoms with E-state index in [9.17, 15) is 19.2 Å². The Bertz CT molecular complexity index is 958. The molecule has 1 saturated heterocycles. The average Bonchev–Trinajstić information content (AvgIpc) is 3.08. The van der Waals surface area contributed by atoms with Gasteiger partial charge >= 0.3 is 5.97 Å². The Labute approximate surface area is 172 Å². The highest BCUT2D eigenvalue weighted by Gasteiger charge is 2.36. The lowest BCUT2D eigenvalue weighted by molar-refractivity contribution is -0.151. The maximum absolute atomic E-state index is 12.3. The molecule has 0 aliphatic carbocycles. The van der Waals surface area contributed by atoms with Gasteiger partial charge in [-0.1, -0.05) is 23.7 Å². The Morgan fingerprint density at radius 3 is 2.59 bits per heavy atom. The van der Waals surface area contributed by atoms with Crippen LogP contribution in [0.15, 0.2) is 48.5 Å². The third kappa shape index (κ3) is 5.20. The molecule has 2 aromatic carbocycles. The van der Waals surface area contributed by atoms with Gasteiger partial charge in [0.2, 0.25) is 5.91 Å². The van der Waals surface area contributed by atoms with Gasteiger partial charge in [0, 0.05) is 34.9 Å². The predicted octanol–water partition coefficient (Wildman–Crippen LogP) is 3.08. The first-order valence-corrected chi connectivity index (χ1v) is 9.34. The van der Waals surface area contributed by atoms with Crippen molar-refractivity contribution in [2.45, 2.75) is 13.3 Å². The van der Waals surface area contributed by atoms with Crippen LogP contribution in [0.25, 0.3) is 0 Å². The molecule has 1 atom stereocenters. The molecule has 150 valence electrons. The van der Waals surface area contributed by atoms with Crippen molar-refractivity contribution in [2.24, 2.45) is 5.92 Å². The summed E-state index contributed by atoms with van der Waals surface area (Å²) in [6, 6.07) is 13.2. The number of benzene rings is 2. The molecule has 0 radical (unpaired) electrons. The summed E-state index contributed by atoms with van der Waals surface area (Å²) in [5.41, 5.74) is 1.55. The molecule has 1 N–H and O–H groups in total. The average molecular weight is 415 g/mol. The number of carbonyl (C=O) groups is 4. The lowest BCUT2D eigenvalue weighted by Gasteiger charge is -2.16. The molecule has 1 aliphatic rings. The van der Waals surface area contributed by atoms with Crippen LogP contribution in [0.4, 0.5) is 11.4 Å². The maximum Gasteiger partial charge on any atom is 0.311 e. The van der Waals surface area contributed by atoms with Gasteiger partial charge in [-0.3, -0.25) is 19.2 Å². The summed E-state index contributed by atoms with van der Waals surface area (Å²) in [6.07, 6.45) is 0.0176. The Morgan fingerprint density at radius 2 is 1.90 bits per heavy atom. The molecular formula is C21H19ClN2O5. The molecule has 2 amide bonds. The molecule has 3 rings (SSSR count). The molecular weight excluding hydrogens is 396 g/mol. The van der Waals surface area contributed by atoms with Crippen LogP contribution in [-0.4, -0.2) is 36.7 Å². The second-order valence-corrected chi connectivity index (χ2v) is 7.11. The number of ketones is 1. The molecule has 8 heteroatoms. The van der Waals surface area contributed by atoms with E-state index in [-0.39, 0.29) is 24.7 Å². The van der Waals surface area contributed by atoms with Crippen molar-refractivity contribution < 1.29 is 23.9 Å².